The molecule has 0 amide bonds. The smallest absolute Gasteiger partial charge is 0.00381 e. The van der Waals surface area contributed by atoms with Crippen LogP contribution in [0.1, 0.15) is 17.5 Å². The zero-order chi connectivity index (χ0) is 13.8. The third-order valence-electron chi connectivity index (χ3n) is 5.43. The highest BCUT2D eigenvalue weighted by Gasteiger charge is 2.58. The van der Waals surface area contributed by atoms with Crippen LogP contribution in [0.5, 0.6) is 0 Å². The van der Waals surface area contributed by atoms with Crippen LogP contribution >= 0.6 is 0 Å². The summed E-state index contributed by atoms with van der Waals surface area (Å²) in [6.45, 7) is 0. The summed E-state index contributed by atoms with van der Waals surface area (Å²) in [5.74, 6) is 3.04. The van der Waals surface area contributed by atoms with E-state index in [-0.39, 0.29) is 0 Å². The highest BCUT2D eigenvalue weighted by Crippen LogP contribution is 2.67. The van der Waals surface area contributed by atoms with Gasteiger partial charge in [0.1, 0.15) is 0 Å². The van der Waals surface area contributed by atoms with Crippen LogP contribution in [0.3, 0.4) is 0 Å². The van der Waals surface area contributed by atoms with Crippen molar-refractivity contribution in [3.63, 3.8) is 0 Å². The van der Waals surface area contributed by atoms with Gasteiger partial charge in [-0.05, 0) is 52.4 Å². The van der Waals surface area contributed by atoms with Gasteiger partial charge < -0.3 is 0 Å². The third kappa shape index (κ3) is 1.68. The normalized spacial score (nSPS) is 32.2. The Kier molecular flexibility index (Phi) is 2.32. The van der Waals surface area contributed by atoms with E-state index in [9.17, 15) is 0 Å². The summed E-state index contributed by atoms with van der Waals surface area (Å²) in [5, 5.41) is 0. The van der Waals surface area contributed by atoms with Crippen LogP contribution in [0.25, 0.3) is 11.1 Å². The summed E-state index contributed by atoms with van der Waals surface area (Å²) in [5.41, 5.74) is 6.07. The zero-order valence-corrected chi connectivity index (χ0v) is 11.9. The van der Waals surface area contributed by atoms with Crippen molar-refractivity contribution in [2.24, 2.45) is 23.7 Å². The predicted molar refractivity (Wildman–Crippen MR) is 87.4 cm³/mol. The molecular formula is C21H18. The molecule has 102 valence electrons. The fraction of sp³-hybridized carbons (Fsp3) is 0.238. The van der Waals surface area contributed by atoms with Crippen LogP contribution in [-0.4, -0.2) is 0 Å². The summed E-state index contributed by atoms with van der Waals surface area (Å²) in [6, 6.07) is 22.0. The van der Waals surface area contributed by atoms with E-state index in [2.05, 4.69) is 72.8 Å². The fourth-order valence-corrected chi connectivity index (χ4v) is 4.54. The van der Waals surface area contributed by atoms with Gasteiger partial charge >= 0.3 is 0 Å². The zero-order valence-electron chi connectivity index (χ0n) is 11.9. The number of allylic oxidation sites excluding steroid dienone is 4. The summed E-state index contributed by atoms with van der Waals surface area (Å²) >= 11 is 0. The molecule has 0 heteroatoms. The molecule has 0 radical (unpaired) electrons. The largest absolute Gasteiger partial charge is 0.0735 e. The van der Waals surface area contributed by atoms with E-state index in [1.54, 1.807) is 11.1 Å². The van der Waals surface area contributed by atoms with Gasteiger partial charge in [0.2, 0.25) is 0 Å². The molecule has 2 aromatic rings. The number of benzene rings is 2. The highest BCUT2D eigenvalue weighted by atomic mass is 14.6. The molecule has 0 N–H and O–H groups in total. The molecule has 2 atom stereocenters. The first-order chi connectivity index (χ1) is 10.4. The van der Waals surface area contributed by atoms with Crippen molar-refractivity contribution < 1.29 is 0 Å². The van der Waals surface area contributed by atoms with E-state index < -0.39 is 0 Å². The molecule has 1 saturated carbocycles. The van der Waals surface area contributed by atoms with Crippen molar-refractivity contribution in [2.75, 3.05) is 0 Å². The van der Waals surface area contributed by atoms with Crippen molar-refractivity contribution in [2.45, 2.75) is 6.42 Å². The third-order valence-corrected chi connectivity index (χ3v) is 5.43. The Morgan fingerprint density at radius 2 is 1.10 bits per heavy atom. The first-order valence-electron chi connectivity index (χ1n) is 7.96. The van der Waals surface area contributed by atoms with Gasteiger partial charge in [-0.25, -0.2) is 0 Å². The fourth-order valence-electron chi connectivity index (χ4n) is 4.54. The Labute approximate surface area is 125 Å². The van der Waals surface area contributed by atoms with Crippen LogP contribution < -0.4 is 0 Å². The first kappa shape index (κ1) is 11.6. The molecule has 0 saturated heterocycles. The lowest BCUT2D eigenvalue weighted by Gasteiger charge is -2.20. The van der Waals surface area contributed by atoms with E-state index in [1.807, 2.05) is 0 Å². The van der Waals surface area contributed by atoms with Gasteiger partial charge in [0.15, 0.2) is 0 Å². The molecule has 3 aliphatic rings. The summed E-state index contributed by atoms with van der Waals surface area (Å²) in [7, 11) is 0. The maximum atomic E-state index is 2.53. The predicted octanol–water partition coefficient (Wildman–Crippen LogP) is 5.05. The minimum absolute atomic E-state index is 0.635. The minimum Gasteiger partial charge on any atom is -0.0735 e. The number of rotatable bonds is 2. The Bertz CT molecular complexity index is 673. The summed E-state index contributed by atoms with van der Waals surface area (Å²) in [4.78, 5) is 0. The highest BCUT2D eigenvalue weighted by molar-refractivity contribution is 5.83. The molecule has 0 aliphatic heterocycles. The van der Waals surface area contributed by atoms with Crippen molar-refractivity contribution in [3.05, 3.63) is 83.9 Å². The maximum Gasteiger partial charge on any atom is -0.00381 e. The van der Waals surface area contributed by atoms with E-state index in [0.717, 1.165) is 17.8 Å². The molecule has 0 aromatic heterocycles. The molecular weight excluding hydrogens is 252 g/mol. The van der Waals surface area contributed by atoms with Gasteiger partial charge in [-0.15, -0.1) is 0 Å². The van der Waals surface area contributed by atoms with Crippen molar-refractivity contribution in [1.29, 1.82) is 0 Å². The average molecular weight is 270 g/mol. The lowest BCUT2D eigenvalue weighted by molar-refractivity contribution is 0.578. The molecule has 0 spiro atoms. The topological polar surface area (TPSA) is 0 Å². The van der Waals surface area contributed by atoms with E-state index in [0.29, 0.717) is 5.92 Å². The average Bonchev–Trinajstić information content (AvgIpc) is 3.32. The van der Waals surface area contributed by atoms with Crippen LogP contribution in [0, 0.1) is 23.7 Å². The van der Waals surface area contributed by atoms with Gasteiger partial charge in [0, 0.05) is 0 Å². The lowest BCUT2D eigenvalue weighted by atomic mass is 9.84. The number of fused-ring (bicyclic) bond motifs is 2. The summed E-state index contributed by atoms with van der Waals surface area (Å²) in [6.07, 6.45) is 6.43. The summed E-state index contributed by atoms with van der Waals surface area (Å²) < 4.78 is 0. The van der Waals surface area contributed by atoms with Crippen LogP contribution in [0.2, 0.25) is 0 Å². The number of hydrogen-bond acceptors (Lipinski definition) is 0. The molecule has 5 rings (SSSR count). The second-order valence-electron chi connectivity index (χ2n) is 6.59. The van der Waals surface area contributed by atoms with Crippen molar-refractivity contribution in [1.82, 2.24) is 0 Å². The van der Waals surface area contributed by atoms with Crippen LogP contribution in [0.15, 0.2) is 72.8 Å². The van der Waals surface area contributed by atoms with Crippen LogP contribution in [-0.2, 0) is 0 Å². The Balaban J connectivity index is 1.55. The molecule has 0 heterocycles. The number of hydrogen-bond donors (Lipinski definition) is 0. The molecule has 21 heavy (non-hydrogen) atoms. The molecule has 2 aromatic carbocycles. The maximum absolute atomic E-state index is 2.53. The minimum atomic E-state index is 0.635. The van der Waals surface area contributed by atoms with E-state index in [4.69, 9.17) is 0 Å². The molecule has 0 nitrogen and oxygen atoms in total. The van der Waals surface area contributed by atoms with Gasteiger partial charge in [-0.3, -0.25) is 0 Å². The van der Waals surface area contributed by atoms with E-state index >= 15 is 0 Å². The standard InChI is InChI=1S/C21H18/c1-3-7-15(8-4-1)17-11-14-12-18(16-9-5-2-6-10-16)21-19(13-14)20(17)21/h1-12,14,19-21H,13H2. The van der Waals surface area contributed by atoms with Gasteiger partial charge in [-0.2, -0.15) is 0 Å². The second-order valence-corrected chi connectivity index (χ2v) is 6.59. The van der Waals surface area contributed by atoms with Crippen molar-refractivity contribution >= 4 is 11.1 Å². The van der Waals surface area contributed by atoms with Crippen LogP contribution in [0.4, 0.5) is 0 Å². The Morgan fingerprint density at radius 1 is 0.619 bits per heavy atom. The SMILES string of the molecule is C1=C(c2ccccc2)C2C3CC1C=C(c1ccccc1)C32. The molecule has 2 bridgehead atoms. The second kappa shape index (κ2) is 4.21. The first-order valence-corrected chi connectivity index (χ1v) is 7.96. The van der Waals surface area contributed by atoms with Crippen molar-refractivity contribution in [3.8, 4) is 0 Å². The quantitative estimate of drug-likeness (QED) is 0.716. The molecule has 2 unspecified atom stereocenters. The molecule has 3 aliphatic carbocycles. The lowest BCUT2D eigenvalue weighted by Crippen LogP contribution is -2.07. The monoisotopic (exact) mass is 270 g/mol. The van der Waals surface area contributed by atoms with Gasteiger partial charge in [-0.1, -0.05) is 72.8 Å². The Hall–Kier alpha value is -2.08. The Morgan fingerprint density at radius 3 is 1.57 bits per heavy atom. The molecule has 1 fully saturated rings. The van der Waals surface area contributed by atoms with Gasteiger partial charge in [0.25, 0.3) is 0 Å². The van der Waals surface area contributed by atoms with E-state index in [1.165, 1.54) is 17.5 Å². The van der Waals surface area contributed by atoms with Gasteiger partial charge in [0.05, 0.1) is 0 Å².